The molecule has 0 saturated heterocycles. The molecule has 0 aliphatic rings. The quantitative estimate of drug-likeness (QED) is 0.676. The van der Waals surface area contributed by atoms with Crippen molar-refractivity contribution in [3.63, 3.8) is 0 Å². The number of nitrogens with one attached hydrogen (secondary N) is 1. The van der Waals surface area contributed by atoms with Gasteiger partial charge in [0.15, 0.2) is 0 Å². The van der Waals surface area contributed by atoms with Crippen molar-refractivity contribution in [2.24, 2.45) is 0 Å². The molecule has 0 radical (unpaired) electrons. The highest BCUT2D eigenvalue weighted by Crippen LogP contribution is 2.22. The van der Waals surface area contributed by atoms with Gasteiger partial charge >= 0.3 is 0 Å². The predicted molar refractivity (Wildman–Crippen MR) is 97.8 cm³/mol. The van der Waals surface area contributed by atoms with E-state index in [1.54, 1.807) is 18.3 Å². The van der Waals surface area contributed by atoms with E-state index in [-0.39, 0.29) is 23.5 Å². The molecule has 1 amide bonds. The molecular weight excluding hydrogens is 335 g/mol. The number of hydrogen-bond acceptors (Lipinski definition) is 3. The minimum atomic E-state index is -0.302. The van der Waals surface area contributed by atoms with E-state index in [9.17, 15) is 9.18 Å². The molecule has 0 aliphatic heterocycles. The Labute approximate surface area is 150 Å². The molecule has 0 fully saturated rings. The molecule has 0 bridgehead atoms. The van der Waals surface area contributed by atoms with Crippen LogP contribution in [0.4, 0.5) is 4.39 Å². The summed E-state index contributed by atoms with van der Waals surface area (Å²) in [6.45, 7) is 0. The fourth-order valence-electron chi connectivity index (χ4n) is 2.40. The van der Waals surface area contributed by atoms with Gasteiger partial charge in [0.05, 0.1) is 17.5 Å². The van der Waals surface area contributed by atoms with E-state index < -0.39 is 0 Å². The van der Waals surface area contributed by atoms with Crippen LogP contribution in [-0.2, 0) is 4.79 Å². The molecular formula is C20H17FN2OS. The van der Waals surface area contributed by atoms with Gasteiger partial charge in [-0.3, -0.25) is 9.78 Å². The standard InChI is InChI=1S/C20H17FN2OS/c21-16-9-11-17(12-10-16)25-14-19(24)23-20(15-6-2-1-3-7-15)18-8-4-5-13-22-18/h1-13,20H,14H2,(H,23,24)/t20-/m1/s1. The minimum absolute atomic E-state index is 0.103. The fourth-order valence-corrected chi connectivity index (χ4v) is 3.11. The zero-order valence-electron chi connectivity index (χ0n) is 13.4. The maximum atomic E-state index is 12.9. The highest BCUT2D eigenvalue weighted by molar-refractivity contribution is 8.00. The van der Waals surface area contributed by atoms with Gasteiger partial charge in [0, 0.05) is 11.1 Å². The summed E-state index contributed by atoms with van der Waals surface area (Å²) in [5.74, 6) is -0.135. The number of carbonyl (C=O) groups is 1. The number of pyridine rings is 1. The Kier molecular flexibility index (Phi) is 5.80. The molecule has 1 N–H and O–H groups in total. The first kappa shape index (κ1) is 17.2. The van der Waals surface area contributed by atoms with Crippen LogP contribution in [0, 0.1) is 5.82 Å². The number of aromatic nitrogens is 1. The van der Waals surface area contributed by atoms with Crippen molar-refractivity contribution < 1.29 is 9.18 Å². The first-order chi connectivity index (χ1) is 12.2. The number of hydrogen-bond donors (Lipinski definition) is 1. The highest BCUT2D eigenvalue weighted by atomic mass is 32.2. The van der Waals surface area contributed by atoms with Gasteiger partial charge in [-0.25, -0.2) is 4.39 Å². The van der Waals surface area contributed by atoms with Crippen LogP contribution in [0.15, 0.2) is 83.9 Å². The Bertz CT molecular complexity index is 771. The van der Waals surface area contributed by atoms with E-state index in [1.807, 2.05) is 48.5 Å². The molecule has 3 nitrogen and oxygen atoms in total. The summed E-state index contributed by atoms with van der Waals surface area (Å²) in [7, 11) is 0. The Balaban J connectivity index is 1.69. The molecule has 3 rings (SSSR count). The SMILES string of the molecule is O=C(CSc1ccc(F)cc1)N[C@H](c1ccccc1)c1ccccn1. The lowest BCUT2D eigenvalue weighted by molar-refractivity contribution is -0.119. The maximum absolute atomic E-state index is 12.9. The van der Waals surface area contributed by atoms with Gasteiger partial charge in [-0.05, 0) is 42.0 Å². The fraction of sp³-hybridized carbons (Fsp3) is 0.100. The predicted octanol–water partition coefficient (Wildman–Crippen LogP) is 4.22. The number of carbonyl (C=O) groups excluding carboxylic acids is 1. The van der Waals surface area contributed by atoms with E-state index in [0.717, 1.165) is 16.2 Å². The Morgan fingerprint density at radius 3 is 2.40 bits per heavy atom. The number of rotatable bonds is 6. The second-order valence-corrected chi connectivity index (χ2v) is 6.46. The van der Waals surface area contributed by atoms with Crippen LogP contribution in [0.1, 0.15) is 17.3 Å². The average Bonchev–Trinajstić information content (AvgIpc) is 2.67. The summed E-state index contributed by atoms with van der Waals surface area (Å²) in [6.07, 6.45) is 1.71. The summed E-state index contributed by atoms with van der Waals surface area (Å²) < 4.78 is 12.9. The van der Waals surface area contributed by atoms with Gasteiger partial charge in [-0.2, -0.15) is 0 Å². The molecule has 0 unspecified atom stereocenters. The highest BCUT2D eigenvalue weighted by Gasteiger charge is 2.17. The van der Waals surface area contributed by atoms with Gasteiger partial charge in [0.25, 0.3) is 0 Å². The molecule has 0 aliphatic carbocycles. The van der Waals surface area contributed by atoms with Crippen molar-refractivity contribution in [3.05, 3.63) is 96.1 Å². The van der Waals surface area contributed by atoms with Crippen molar-refractivity contribution in [1.82, 2.24) is 10.3 Å². The van der Waals surface area contributed by atoms with Gasteiger partial charge in [-0.1, -0.05) is 36.4 Å². The first-order valence-corrected chi connectivity index (χ1v) is 8.84. The van der Waals surface area contributed by atoms with E-state index in [4.69, 9.17) is 0 Å². The van der Waals surface area contributed by atoms with Crippen LogP contribution in [0.2, 0.25) is 0 Å². The molecule has 0 spiro atoms. The number of benzene rings is 2. The zero-order chi connectivity index (χ0) is 17.5. The van der Waals surface area contributed by atoms with E-state index in [0.29, 0.717) is 0 Å². The molecule has 1 aromatic heterocycles. The molecule has 5 heteroatoms. The van der Waals surface area contributed by atoms with Gasteiger partial charge < -0.3 is 5.32 Å². The van der Waals surface area contributed by atoms with Gasteiger partial charge in [-0.15, -0.1) is 11.8 Å². The minimum Gasteiger partial charge on any atom is -0.343 e. The van der Waals surface area contributed by atoms with Gasteiger partial charge in [0.1, 0.15) is 5.82 Å². The maximum Gasteiger partial charge on any atom is 0.231 e. The summed E-state index contributed by atoms with van der Waals surface area (Å²) in [5, 5.41) is 3.03. The normalized spacial score (nSPS) is 11.7. The second-order valence-electron chi connectivity index (χ2n) is 5.41. The van der Waals surface area contributed by atoms with Crippen LogP contribution >= 0.6 is 11.8 Å². The lowest BCUT2D eigenvalue weighted by Crippen LogP contribution is -2.31. The third kappa shape index (κ3) is 4.90. The Morgan fingerprint density at radius 2 is 1.72 bits per heavy atom. The number of amides is 1. The zero-order valence-corrected chi connectivity index (χ0v) is 14.2. The van der Waals surface area contributed by atoms with Gasteiger partial charge in [0.2, 0.25) is 5.91 Å². The van der Waals surface area contributed by atoms with Crippen molar-refractivity contribution in [3.8, 4) is 0 Å². The van der Waals surface area contributed by atoms with Crippen molar-refractivity contribution >= 4 is 17.7 Å². The van der Waals surface area contributed by atoms with Crippen LogP contribution in [0.5, 0.6) is 0 Å². The Hall–Kier alpha value is -2.66. The summed E-state index contributed by atoms with van der Waals surface area (Å²) in [6, 6.07) is 21.2. The monoisotopic (exact) mass is 352 g/mol. The van der Waals surface area contributed by atoms with Crippen molar-refractivity contribution in [2.75, 3.05) is 5.75 Å². The topological polar surface area (TPSA) is 42.0 Å². The second kappa shape index (κ2) is 8.44. The number of nitrogens with zero attached hydrogens (tertiary/aromatic N) is 1. The molecule has 126 valence electrons. The summed E-state index contributed by atoms with van der Waals surface area (Å²) >= 11 is 1.37. The van der Waals surface area contributed by atoms with E-state index >= 15 is 0 Å². The largest absolute Gasteiger partial charge is 0.343 e. The molecule has 0 saturated carbocycles. The molecule has 1 heterocycles. The third-order valence-corrected chi connectivity index (χ3v) is 4.62. The van der Waals surface area contributed by atoms with E-state index in [1.165, 1.54) is 23.9 Å². The third-order valence-electron chi connectivity index (χ3n) is 3.61. The smallest absolute Gasteiger partial charge is 0.231 e. The van der Waals surface area contributed by atoms with Crippen LogP contribution in [0.3, 0.4) is 0 Å². The molecule has 3 aromatic rings. The summed E-state index contributed by atoms with van der Waals surface area (Å²) in [4.78, 5) is 17.6. The first-order valence-electron chi connectivity index (χ1n) is 7.86. The van der Waals surface area contributed by atoms with Crippen LogP contribution in [0.25, 0.3) is 0 Å². The number of thioether (sulfide) groups is 1. The molecule has 1 atom stereocenters. The van der Waals surface area contributed by atoms with Crippen LogP contribution < -0.4 is 5.32 Å². The lowest BCUT2D eigenvalue weighted by Gasteiger charge is -2.18. The van der Waals surface area contributed by atoms with E-state index in [2.05, 4.69) is 10.3 Å². The Morgan fingerprint density at radius 1 is 1.00 bits per heavy atom. The molecule has 25 heavy (non-hydrogen) atoms. The average molecular weight is 352 g/mol. The summed E-state index contributed by atoms with van der Waals surface area (Å²) in [5.41, 5.74) is 1.76. The molecule has 2 aromatic carbocycles. The van der Waals surface area contributed by atoms with Crippen molar-refractivity contribution in [1.29, 1.82) is 0 Å². The lowest BCUT2D eigenvalue weighted by atomic mass is 10.0. The number of halogens is 1. The van der Waals surface area contributed by atoms with Crippen LogP contribution in [-0.4, -0.2) is 16.6 Å². The van der Waals surface area contributed by atoms with Crippen molar-refractivity contribution in [2.45, 2.75) is 10.9 Å².